The summed E-state index contributed by atoms with van der Waals surface area (Å²) in [6.45, 7) is 12.3. The molecule has 0 aromatic rings. The van der Waals surface area contributed by atoms with E-state index in [0.717, 1.165) is 50.9 Å². The number of nitrogens with one attached hydrogen (secondary N) is 2. The zero-order chi connectivity index (χ0) is 20.4. The largest absolute Gasteiger partial charge is 0.357 e. The second kappa shape index (κ2) is 12.3. The van der Waals surface area contributed by atoms with Crippen LogP contribution in [0.15, 0.2) is 4.99 Å². The molecule has 2 saturated heterocycles. The van der Waals surface area contributed by atoms with E-state index < -0.39 is 0 Å². The molecule has 2 aliphatic heterocycles. The Morgan fingerprint density at radius 3 is 2.25 bits per heavy atom. The van der Waals surface area contributed by atoms with Crippen LogP contribution < -0.4 is 10.6 Å². The molecule has 0 unspecified atom stereocenters. The van der Waals surface area contributed by atoms with E-state index >= 15 is 0 Å². The highest BCUT2D eigenvalue weighted by atomic mass is 16.2. The average Bonchev–Trinajstić information content (AvgIpc) is 2.70. The molecular formula is C21H42N6O. The van der Waals surface area contributed by atoms with E-state index in [1.807, 2.05) is 14.1 Å². The monoisotopic (exact) mass is 394 g/mol. The van der Waals surface area contributed by atoms with E-state index in [1.165, 1.54) is 38.9 Å². The lowest BCUT2D eigenvalue weighted by molar-refractivity contribution is -0.130. The maximum absolute atomic E-state index is 11.9. The van der Waals surface area contributed by atoms with Gasteiger partial charge in [-0.25, -0.2) is 0 Å². The fourth-order valence-corrected chi connectivity index (χ4v) is 4.03. The first-order valence-electron chi connectivity index (χ1n) is 11.2. The van der Waals surface area contributed by atoms with Gasteiger partial charge in [-0.15, -0.1) is 0 Å². The van der Waals surface area contributed by atoms with E-state index in [0.29, 0.717) is 12.6 Å². The molecule has 1 amide bonds. The van der Waals surface area contributed by atoms with Gasteiger partial charge in [-0.2, -0.15) is 0 Å². The van der Waals surface area contributed by atoms with Gasteiger partial charge in [0.05, 0.1) is 6.54 Å². The van der Waals surface area contributed by atoms with Crippen molar-refractivity contribution < 1.29 is 4.79 Å². The molecule has 28 heavy (non-hydrogen) atoms. The van der Waals surface area contributed by atoms with Crippen molar-refractivity contribution in [1.82, 2.24) is 25.3 Å². The van der Waals surface area contributed by atoms with Gasteiger partial charge in [0.2, 0.25) is 5.91 Å². The Balaban J connectivity index is 1.70. The number of rotatable bonds is 8. The van der Waals surface area contributed by atoms with Crippen molar-refractivity contribution in [2.75, 3.05) is 66.5 Å². The van der Waals surface area contributed by atoms with Crippen LogP contribution in [0.4, 0.5) is 0 Å². The standard InChI is InChI=1S/C21H42N6O/c1-5-22-21(23-12-7-18-8-13-26(6-2)14-9-18)24-19-10-15-27(16-11-19)17-20(28)25(3)4/h18-19H,5-17H2,1-4H3,(H2,22,23,24). The summed E-state index contributed by atoms with van der Waals surface area (Å²) in [5.74, 6) is 1.97. The Morgan fingerprint density at radius 1 is 1.04 bits per heavy atom. The van der Waals surface area contributed by atoms with Crippen LogP contribution in [0.3, 0.4) is 0 Å². The number of likely N-dealkylation sites (N-methyl/N-ethyl adjacent to an activating group) is 1. The highest BCUT2D eigenvalue weighted by Gasteiger charge is 2.22. The Labute approximate surface area is 171 Å². The molecule has 2 fully saturated rings. The van der Waals surface area contributed by atoms with E-state index in [1.54, 1.807) is 4.90 Å². The van der Waals surface area contributed by atoms with Crippen molar-refractivity contribution >= 4 is 11.9 Å². The number of nitrogens with zero attached hydrogens (tertiary/aromatic N) is 4. The highest BCUT2D eigenvalue weighted by molar-refractivity contribution is 5.80. The Hall–Kier alpha value is -1.34. The summed E-state index contributed by atoms with van der Waals surface area (Å²) in [6, 6.07) is 0.441. The Morgan fingerprint density at radius 2 is 1.68 bits per heavy atom. The molecule has 0 radical (unpaired) electrons. The predicted molar refractivity (Wildman–Crippen MR) is 117 cm³/mol. The number of carbonyl (C=O) groups is 1. The summed E-state index contributed by atoms with van der Waals surface area (Å²) >= 11 is 0. The molecule has 2 aliphatic rings. The first-order chi connectivity index (χ1) is 13.5. The number of hydrogen-bond donors (Lipinski definition) is 2. The van der Waals surface area contributed by atoms with Crippen LogP contribution >= 0.6 is 0 Å². The van der Waals surface area contributed by atoms with Gasteiger partial charge in [0.15, 0.2) is 5.96 Å². The summed E-state index contributed by atoms with van der Waals surface area (Å²) in [5, 5.41) is 7.01. The molecule has 162 valence electrons. The van der Waals surface area contributed by atoms with Crippen LogP contribution in [0.1, 0.15) is 46.0 Å². The zero-order valence-corrected chi connectivity index (χ0v) is 18.5. The molecule has 2 rings (SSSR count). The molecule has 0 spiro atoms. The zero-order valence-electron chi connectivity index (χ0n) is 18.5. The summed E-state index contributed by atoms with van der Waals surface area (Å²) in [6.07, 6.45) is 5.94. The minimum Gasteiger partial charge on any atom is -0.357 e. The number of amides is 1. The first-order valence-corrected chi connectivity index (χ1v) is 11.2. The summed E-state index contributed by atoms with van der Waals surface area (Å²) < 4.78 is 0. The van der Waals surface area contributed by atoms with E-state index in [2.05, 4.69) is 34.3 Å². The van der Waals surface area contributed by atoms with Crippen molar-refractivity contribution in [2.45, 2.75) is 52.0 Å². The van der Waals surface area contributed by atoms with Gasteiger partial charge >= 0.3 is 0 Å². The lowest BCUT2D eigenvalue weighted by Crippen LogP contribution is -2.50. The van der Waals surface area contributed by atoms with Gasteiger partial charge in [-0.05, 0) is 64.6 Å². The third kappa shape index (κ3) is 7.95. The van der Waals surface area contributed by atoms with Gasteiger partial charge in [-0.3, -0.25) is 14.7 Å². The Bertz CT molecular complexity index is 479. The molecule has 2 heterocycles. The van der Waals surface area contributed by atoms with Crippen molar-refractivity contribution in [3.63, 3.8) is 0 Å². The molecule has 7 nitrogen and oxygen atoms in total. The van der Waals surface area contributed by atoms with E-state index in [-0.39, 0.29) is 5.91 Å². The number of piperidine rings is 2. The average molecular weight is 395 g/mol. The predicted octanol–water partition coefficient (Wildman–Crippen LogP) is 1.22. The fraction of sp³-hybridized carbons (Fsp3) is 0.905. The first kappa shape index (κ1) is 22.9. The number of carbonyl (C=O) groups excluding carboxylic acids is 1. The van der Waals surface area contributed by atoms with Crippen molar-refractivity contribution in [2.24, 2.45) is 10.9 Å². The topological polar surface area (TPSA) is 63.2 Å². The van der Waals surface area contributed by atoms with Crippen molar-refractivity contribution in [3.8, 4) is 0 Å². The summed E-state index contributed by atoms with van der Waals surface area (Å²) in [5.41, 5.74) is 0. The van der Waals surface area contributed by atoms with Crippen LogP contribution in [-0.2, 0) is 4.79 Å². The van der Waals surface area contributed by atoms with E-state index in [9.17, 15) is 4.79 Å². The minimum absolute atomic E-state index is 0.186. The fourth-order valence-electron chi connectivity index (χ4n) is 4.03. The van der Waals surface area contributed by atoms with E-state index in [4.69, 9.17) is 4.99 Å². The molecule has 0 bridgehead atoms. The second-order valence-corrected chi connectivity index (χ2v) is 8.41. The number of aliphatic imine (C=N–C) groups is 1. The normalized spacial score (nSPS) is 20.9. The molecule has 0 aliphatic carbocycles. The maximum atomic E-state index is 11.9. The number of guanidine groups is 1. The third-order valence-corrected chi connectivity index (χ3v) is 6.09. The highest BCUT2D eigenvalue weighted by Crippen LogP contribution is 2.20. The van der Waals surface area contributed by atoms with Gasteiger partial charge in [-0.1, -0.05) is 6.92 Å². The van der Waals surface area contributed by atoms with Crippen LogP contribution in [0, 0.1) is 5.92 Å². The molecular weight excluding hydrogens is 352 g/mol. The summed E-state index contributed by atoms with van der Waals surface area (Å²) in [7, 11) is 3.64. The minimum atomic E-state index is 0.186. The number of hydrogen-bond acceptors (Lipinski definition) is 4. The smallest absolute Gasteiger partial charge is 0.236 e. The Kier molecular flexibility index (Phi) is 10.1. The summed E-state index contributed by atoms with van der Waals surface area (Å²) in [4.78, 5) is 23.2. The molecule has 0 aromatic heterocycles. The second-order valence-electron chi connectivity index (χ2n) is 8.41. The van der Waals surface area contributed by atoms with Crippen molar-refractivity contribution in [3.05, 3.63) is 0 Å². The molecule has 0 atom stereocenters. The van der Waals surface area contributed by atoms with Crippen LogP contribution in [0.25, 0.3) is 0 Å². The molecule has 0 saturated carbocycles. The molecule has 0 aromatic carbocycles. The lowest BCUT2D eigenvalue weighted by Gasteiger charge is -2.33. The van der Waals surface area contributed by atoms with Crippen molar-refractivity contribution in [1.29, 1.82) is 0 Å². The van der Waals surface area contributed by atoms with Crippen LogP contribution in [0.5, 0.6) is 0 Å². The van der Waals surface area contributed by atoms with Gasteiger partial charge in [0.1, 0.15) is 0 Å². The quantitative estimate of drug-likeness (QED) is 0.479. The van der Waals surface area contributed by atoms with Crippen LogP contribution in [0.2, 0.25) is 0 Å². The van der Waals surface area contributed by atoms with Gasteiger partial charge in [0.25, 0.3) is 0 Å². The molecule has 7 heteroatoms. The maximum Gasteiger partial charge on any atom is 0.236 e. The SMILES string of the molecule is CCNC(=NCCC1CCN(CC)CC1)NC1CCN(CC(=O)N(C)C)CC1. The van der Waals surface area contributed by atoms with Gasteiger partial charge < -0.3 is 20.4 Å². The van der Waals surface area contributed by atoms with Gasteiger partial charge in [0, 0.05) is 46.3 Å². The molecule has 2 N–H and O–H groups in total. The van der Waals surface area contributed by atoms with Crippen LogP contribution in [-0.4, -0.2) is 99.1 Å². The third-order valence-electron chi connectivity index (χ3n) is 6.09. The number of likely N-dealkylation sites (tertiary alicyclic amines) is 2. The lowest BCUT2D eigenvalue weighted by atomic mass is 9.94.